The molecule has 1 aromatic carbocycles. The van der Waals surface area contributed by atoms with Crippen LogP contribution in [-0.4, -0.2) is 26.1 Å². The lowest BCUT2D eigenvalue weighted by Crippen LogP contribution is -2.16. The number of benzene rings is 1. The summed E-state index contributed by atoms with van der Waals surface area (Å²) >= 11 is 1.25. The van der Waals surface area contributed by atoms with Crippen molar-refractivity contribution in [3.05, 3.63) is 45.5 Å². The van der Waals surface area contributed by atoms with E-state index in [-0.39, 0.29) is 17.1 Å². The van der Waals surface area contributed by atoms with Crippen molar-refractivity contribution in [2.75, 3.05) is 11.1 Å². The first-order valence-corrected chi connectivity index (χ1v) is 9.08. The molecule has 1 aromatic heterocycles. The van der Waals surface area contributed by atoms with Crippen molar-refractivity contribution in [3.63, 3.8) is 0 Å². The molecule has 0 bridgehead atoms. The Bertz CT molecular complexity index is 836. The zero-order valence-electron chi connectivity index (χ0n) is 15.1. The topological polar surface area (TPSA) is 90.1 Å². The molecule has 0 fully saturated rings. The van der Waals surface area contributed by atoms with Crippen LogP contribution in [0.15, 0.2) is 23.4 Å². The molecule has 0 radical (unpaired) electrons. The number of non-ortho nitro benzene ring substituents is 1. The van der Waals surface area contributed by atoms with Gasteiger partial charge in [-0.25, -0.2) is 9.37 Å². The number of nitro groups is 1. The van der Waals surface area contributed by atoms with Gasteiger partial charge in [0, 0.05) is 24.4 Å². The molecule has 2 rings (SSSR count). The van der Waals surface area contributed by atoms with Gasteiger partial charge in [-0.2, -0.15) is 0 Å². The number of anilines is 1. The molecule has 2 aromatic rings. The molecular weight excluding hydrogens is 359 g/mol. The monoisotopic (exact) mass is 380 g/mol. The Hall–Kier alpha value is -2.42. The summed E-state index contributed by atoms with van der Waals surface area (Å²) in [6.45, 7) is 8.88. The van der Waals surface area contributed by atoms with E-state index < -0.39 is 16.6 Å². The Morgan fingerprint density at radius 1 is 1.42 bits per heavy atom. The number of aryl methyl sites for hydroxylation is 1. The third-order valence-electron chi connectivity index (χ3n) is 3.74. The Kier molecular flexibility index (Phi) is 6.36. The lowest BCUT2D eigenvalue weighted by atomic mass is 10.2. The van der Waals surface area contributed by atoms with Gasteiger partial charge in [0.25, 0.3) is 5.69 Å². The number of hydrogen-bond donors (Lipinski definition) is 1. The van der Waals surface area contributed by atoms with Crippen LogP contribution in [-0.2, 0) is 11.3 Å². The molecule has 1 N–H and O–H groups in total. The van der Waals surface area contributed by atoms with Gasteiger partial charge in [-0.1, -0.05) is 25.6 Å². The Morgan fingerprint density at radius 3 is 2.73 bits per heavy atom. The van der Waals surface area contributed by atoms with Gasteiger partial charge < -0.3 is 9.88 Å². The molecule has 0 saturated carbocycles. The van der Waals surface area contributed by atoms with Crippen molar-refractivity contribution in [3.8, 4) is 0 Å². The van der Waals surface area contributed by atoms with Crippen LogP contribution in [0.25, 0.3) is 0 Å². The second-order valence-corrected chi connectivity index (χ2v) is 7.27. The number of amides is 1. The summed E-state index contributed by atoms with van der Waals surface area (Å²) in [5.41, 5.74) is 1.46. The quantitative estimate of drug-likeness (QED) is 0.446. The van der Waals surface area contributed by atoms with E-state index in [9.17, 15) is 19.3 Å². The van der Waals surface area contributed by atoms with Crippen molar-refractivity contribution < 1.29 is 14.1 Å². The van der Waals surface area contributed by atoms with Crippen molar-refractivity contribution in [1.29, 1.82) is 0 Å². The fourth-order valence-electron chi connectivity index (χ4n) is 2.35. The lowest BCUT2D eigenvalue weighted by molar-refractivity contribution is -0.384. The van der Waals surface area contributed by atoms with E-state index in [4.69, 9.17) is 0 Å². The molecule has 0 atom stereocenters. The van der Waals surface area contributed by atoms with Gasteiger partial charge in [-0.15, -0.1) is 0 Å². The van der Waals surface area contributed by atoms with Crippen LogP contribution in [0.3, 0.4) is 0 Å². The first kappa shape index (κ1) is 19.9. The molecule has 1 heterocycles. The van der Waals surface area contributed by atoms with Crippen LogP contribution >= 0.6 is 11.8 Å². The number of imidazole rings is 1. The van der Waals surface area contributed by atoms with Crippen LogP contribution < -0.4 is 5.32 Å². The average molecular weight is 380 g/mol. The number of nitrogens with one attached hydrogen (secondary N) is 1. The largest absolute Gasteiger partial charge is 0.323 e. The van der Waals surface area contributed by atoms with Crippen LogP contribution in [0, 0.1) is 35.7 Å². The summed E-state index contributed by atoms with van der Waals surface area (Å²) < 4.78 is 15.8. The number of thioether (sulfide) groups is 1. The predicted molar refractivity (Wildman–Crippen MR) is 98.9 cm³/mol. The molecule has 9 heteroatoms. The Morgan fingerprint density at radius 2 is 2.12 bits per heavy atom. The minimum atomic E-state index is -0.720. The molecular formula is C17H21FN4O3S. The van der Waals surface area contributed by atoms with Gasteiger partial charge in [-0.05, 0) is 25.8 Å². The molecule has 0 aliphatic carbocycles. The number of nitro benzene ring substituents is 1. The highest BCUT2D eigenvalue weighted by atomic mass is 32.2. The van der Waals surface area contributed by atoms with Crippen LogP contribution in [0.1, 0.15) is 25.2 Å². The van der Waals surface area contributed by atoms with E-state index in [0.29, 0.717) is 5.92 Å². The maximum absolute atomic E-state index is 13.8. The number of aromatic nitrogens is 2. The molecule has 0 unspecified atom stereocenters. The van der Waals surface area contributed by atoms with E-state index >= 15 is 0 Å². The normalized spacial score (nSPS) is 11.0. The highest BCUT2D eigenvalue weighted by molar-refractivity contribution is 7.99. The Balaban J connectivity index is 2.07. The predicted octanol–water partition coefficient (Wildman–Crippen LogP) is 3.93. The summed E-state index contributed by atoms with van der Waals surface area (Å²) in [7, 11) is 0. The zero-order valence-corrected chi connectivity index (χ0v) is 15.9. The smallest absolute Gasteiger partial charge is 0.271 e. The van der Waals surface area contributed by atoms with Crippen LogP contribution in [0.2, 0.25) is 0 Å². The zero-order chi connectivity index (χ0) is 19.4. The van der Waals surface area contributed by atoms with Gasteiger partial charge in [0.15, 0.2) is 5.16 Å². The minimum absolute atomic E-state index is 0.0239. The fourth-order valence-corrected chi connectivity index (χ4v) is 3.25. The number of nitrogens with zero attached hydrogens (tertiary/aromatic N) is 3. The molecule has 0 aliphatic heterocycles. The number of halogens is 1. The first-order valence-electron chi connectivity index (χ1n) is 8.09. The third-order valence-corrected chi connectivity index (χ3v) is 4.71. The molecule has 0 aliphatic rings. The van der Waals surface area contributed by atoms with Gasteiger partial charge in [0.2, 0.25) is 5.91 Å². The minimum Gasteiger partial charge on any atom is -0.323 e. The molecule has 140 valence electrons. The molecule has 7 nitrogen and oxygen atoms in total. The highest BCUT2D eigenvalue weighted by Crippen LogP contribution is 2.24. The SMILES string of the molecule is Cc1nc(SCC(=O)Nc2cc([N+](=O)[O-])ccc2F)n(CC(C)C)c1C. The molecule has 0 spiro atoms. The molecule has 0 saturated heterocycles. The third kappa shape index (κ3) is 4.81. The second-order valence-electron chi connectivity index (χ2n) is 6.33. The highest BCUT2D eigenvalue weighted by Gasteiger charge is 2.16. The van der Waals surface area contributed by atoms with E-state index in [1.165, 1.54) is 11.8 Å². The van der Waals surface area contributed by atoms with Crippen LogP contribution in [0.4, 0.5) is 15.8 Å². The first-order chi connectivity index (χ1) is 12.2. The summed E-state index contributed by atoms with van der Waals surface area (Å²) in [5.74, 6) is -0.726. The average Bonchev–Trinajstić information content (AvgIpc) is 2.82. The number of hydrogen-bond acceptors (Lipinski definition) is 5. The van der Waals surface area contributed by atoms with E-state index in [1.807, 2.05) is 13.8 Å². The number of carbonyl (C=O) groups excluding carboxylic acids is 1. The van der Waals surface area contributed by atoms with Gasteiger partial charge in [0.1, 0.15) is 5.82 Å². The summed E-state index contributed by atoms with van der Waals surface area (Å²) in [4.78, 5) is 26.8. The van der Waals surface area contributed by atoms with E-state index in [0.717, 1.165) is 41.3 Å². The standard InChI is InChI=1S/C17H21FN4O3S/c1-10(2)8-21-12(4)11(3)19-17(21)26-9-16(23)20-15-7-13(22(24)25)5-6-14(15)18/h5-7,10H,8-9H2,1-4H3,(H,20,23). The fraction of sp³-hybridized carbons (Fsp3) is 0.412. The van der Waals surface area contributed by atoms with Gasteiger partial charge in [-0.3, -0.25) is 14.9 Å². The lowest BCUT2D eigenvalue weighted by Gasteiger charge is -2.12. The second kappa shape index (κ2) is 8.31. The van der Waals surface area contributed by atoms with Crippen molar-refractivity contribution in [2.24, 2.45) is 5.92 Å². The molecule has 26 heavy (non-hydrogen) atoms. The van der Waals surface area contributed by atoms with Crippen molar-refractivity contribution in [2.45, 2.75) is 39.4 Å². The van der Waals surface area contributed by atoms with E-state index in [2.05, 4.69) is 28.7 Å². The van der Waals surface area contributed by atoms with Gasteiger partial charge >= 0.3 is 0 Å². The van der Waals surface area contributed by atoms with Crippen LogP contribution in [0.5, 0.6) is 0 Å². The molecule has 1 amide bonds. The van der Waals surface area contributed by atoms with Crippen molar-refractivity contribution >= 4 is 29.0 Å². The maximum Gasteiger partial charge on any atom is 0.271 e. The van der Waals surface area contributed by atoms with Gasteiger partial charge in [0.05, 0.1) is 22.1 Å². The van der Waals surface area contributed by atoms with Crippen molar-refractivity contribution in [1.82, 2.24) is 9.55 Å². The summed E-state index contributed by atoms with van der Waals surface area (Å²) in [6.07, 6.45) is 0. The summed E-state index contributed by atoms with van der Waals surface area (Å²) in [6, 6.07) is 3.02. The Labute approximate surface area is 155 Å². The number of rotatable bonds is 7. The van der Waals surface area contributed by atoms with E-state index in [1.54, 1.807) is 0 Å². The maximum atomic E-state index is 13.8. The number of carbonyl (C=O) groups is 1. The summed E-state index contributed by atoms with van der Waals surface area (Å²) in [5, 5.41) is 13.9.